The second-order valence-electron chi connectivity index (χ2n) is 4.54. The summed E-state index contributed by atoms with van der Waals surface area (Å²) in [7, 11) is 1.72. The zero-order valence-corrected chi connectivity index (χ0v) is 11.5. The van der Waals surface area contributed by atoms with Crippen LogP contribution in [-0.2, 0) is 11.3 Å². The fourth-order valence-electron chi connectivity index (χ4n) is 2.01. The van der Waals surface area contributed by atoms with Crippen molar-refractivity contribution < 1.29 is 4.74 Å². The molecule has 6 heteroatoms. The van der Waals surface area contributed by atoms with Crippen molar-refractivity contribution in [2.45, 2.75) is 25.9 Å². The molecule has 0 spiro atoms. The Labute approximate surface area is 113 Å². The van der Waals surface area contributed by atoms with Gasteiger partial charge in [-0.2, -0.15) is 0 Å². The molecule has 2 heterocycles. The van der Waals surface area contributed by atoms with Crippen molar-refractivity contribution in [2.24, 2.45) is 0 Å². The van der Waals surface area contributed by atoms with Crippen LogP contribution in [0, 0.1) is 0 Å². The summed E-state index contributed by atoms with van der Waals surface area (Å²) in [6.45, 7) is 4.67. The van der Waals surface area contributed by atoms with Crippen LogP contribution in [0.25, 0.3) is 0 Å². The Morgan fingerprint density at radius 1 is 1.37 bits per heavy atom. The van der Waals surface area contributed by atoms with Gasteiger partial charge in [0.2, 0.25) is 5.95 Å². The summed E-state index contributed by atoms with van der Waals surface area (Å²) in [5.41, 5.74) is 0. The predicted octanol–water partition coefficient (Wildman–Crippen LogP) is 1.79. The standard InChI is InChI=1S/C13H21N5O/c1-12(10-17-7-5-14-11-17)18-8-6-16-13(18)15-4-3-9-19-2/h5-8,11-12H,3-4,9-10H2,1-2H3,(H,15,16). The van der Waals surface area contributed by atoms with Crippen LogP contribution in [0.5, 0.6) is 0 Å². The van der Waals surface area contributed by atoms with Crippen molar-refractivity contribution in [2.75, 3.05) is 25.6 Å². The summed E-state index contributed by atoms with van der Waals surface area (Å²) in [5.74, 6) is 0.906. The van der Waals surface area contributed by atoms with Crippen LogP contribution in [0.15, 0.2) is 31.1 Å². The smallest absolute Gasteiger partial charge is 0.203 e. The molecule has 2 rings (SSSR count). The molecule has 2 aromatic heterocycles. The predicted molar refractivity (Wildman–Crippen MR) is 74.1 cm³/mol. The summed E-state index contributed by atoms with van der Waals surface area (Å²) in [5, 5.41) is 3.34. The Morgan fingerprint density at radius 2 is 2.26 bits per heavy atom. The number of hydrogen-bond donors (Lipinski definition) is 1. The number of ether oxygens (including phenoxy) is 1. The molecular formula is C13H21N5O. The molecule has 1 unspecified atom stereocenters. The van der Waals surface area contributed by atoms with Crippen LogP contribution in [0.4, 0.5) is 5.95 Å². The summed E-state index contributed by atoms with van der Waals surface area (Å²) < 4.78 is 9.25. The van der Waals surface area contributed by atoms with Gasteiger partial charge in [0, 0.05) is 51.6 Å². The van der Waals surface area contributed by atoms with Gasteiger partial charge in [0.1, 0.15) is 0 Å². The lowest BCUT2D eigenvalue weighted by atomic mass is 10.3. The SMILES string of the molecule is COCCCNc1nccn1C(C)Cn1ccnc1. The Bertz CT molecular complexity index is 465. The van der Waals surface area contributed by atoms with Gasteiger partial charge in [-0.15, -0.1) is 0 Å². The number of methoxy groups -OCH3 is 1. The van der Waals surface area contributed by atoms with Crippen LogP contribution in [-0.4, -0.2) is 39.4 Å². The first-order chi connectivity index (χ1) is 9.31. The third-order valence-electron chi connectivity index (χ3n) is 2.99. The highest BCUT2D eigenvalue weighted by Crippen LogP contribution is 2.15. The van der Waals surface area contributed by atoms with Crippen LogP contribution < -0.4 is 5.32 Å². The third kappa shape index (κ3) is 3.82. The maximum Gasteiger partial charge on any atom is 0.203 e. The monoisotopic (exact) mass is 263 g/mol. The van der Waals surface area contributed by atoms with E-state index in [1.165, 1.54) is 0 Å². The number of hydrogen-bond acceptors (Lipinski definition) is 4. The van der Waals surface area contributed by atoms with Gasteiger partial charge in [0.25, 0.3) is 0 Å². The molecule has 0 fully saturated rings. The fourth-order valence-corrected chi connectivity index (χ4v) is 2.01. The Morgan fingerprint density at radius 3 is 3.00 bits per heavy atom. The maximum absolute atomic E-state index is 5.03. The average Bonchev–Trinajstić information content (AvgIpc) is 3.05. The van der Waals surface area contributed by atoms with E-state index in [4.69, 9.17) is 4.74 Å². The van der Waals surface area contributed by atoms with E-state index in [1.807, 2.05) is 24.9 Å². The molecular weight excluding hydrogens is 242 g/mol. The fraction of sp³-hybridized carbons (Fsp3) is 0.538. The van der Waals surface area contributed by atoms with E-state index in [1.54, 1.807) is 13.3 Å². The second-order valence-corrected chi connectivity index (χ2v) is 4.54. The van der Waals surface area contributed by atoms with E-state index >= 15 is 0 Å². The number of rotatable bonds is 8. The summed E-state index contributed by atoms with van der Waals surface area (Å²) in [4.78, 5) is 8.41. The van der Waals surface area contributed by atoms with Crippen molar-refractivity contribution in [3.63, 3.8) is 0 Å². The zero-order chi connectivity index (χ0) is 13.5. The summed E-state index contributed by atoms with van der Waals surface area (Å²) >= 11 is 0. The number of aromatic nitrogens is 4. The van der Waals surface area contributed by atoms with Gasteiger partial charge in [0.15, 0.2) is 0 Å². The Balaban J connectivity index is 1.90. The van der Waals surface area contributed by atoms with Crippen LogP contribution in [0.2, 0.25) is 0 Å². The van der Waals surface area contributed by atoms with Crippen molar-refractivity contribution in [3.05, 3.63) is 31.1 Å². The van der Waals surface area contributed by atoms with Crippen molar-refractivity contribution in [3.8, 4) is 0 Å². The molecule has 2 aromatic rings. The molecule has 19 heavy (non-hydrogen) atoms. The average molecular weight is 263 g/mol. The Kier molecular flexibility index (Phi) is 4.97. The van der Waals surface area contributed by atoms with Gasteiger partial charge < -0.3 is 19.2 Å². The molecule has 0 aromatic carbocycles. The summed E-state index contributed by atoms with van der Waals surface area (Å²) in [6, 6.07) is 0.321. The van der Waals surface area contributed by atoms with Gasteiger partial charge in [-0.1, -0.05) is 0 Å². The molecule has 1 atom stereocenters. The quantitative estimate of drug-likeness (QED) is 0.738. The van der Waals surface area contributed by atoms with Crippen molar-refractivity contribution >= 4 is 5.95 Å². The van der Waals surface area contributed by atoms with Crippen LogP contribution in [0.1, 0.15) is 19.4 Å². The molecule has 0 radical (unpaired) electrons. The number of nitrogens with one attached hydrogen (secondary N) is 1. The number of imidazole rings is 2. The lowest BCUT2D eigenvalue weighted by Gasteiger charge is -2.17. The van der Waals surface area contributed by atoms with Gasteiger partial charge in [-0.05, 0) is 13.3 Å². The van der Waals surface area contributed by atoms with Crippen molar-refractivity contribution in [1.29, 1.82) is 0 Å². The lowest BCUT2D eigenvalue weighted by Crippen LogP contribution is -2.16. The van der Waals surface area contributed by atoms with Gasteiger partial charge in [-0.3, -0.25) is 0 Å². The molecule has 0 bridgehead atoms. The van der Waals surface area contributed by atoms with Gasteiger partial charge in [0.05, 0.1) is 12.4 Å². The Hall–Kier alpha value is -1.82. The molecule has 1 N–H and O–H groups in total. The highest BCUT2D eigenvalue weighted by Gasteiger charge is 2.09. The normalized spacial score (nSPS) is 12.5. The van der Waals surface area contributed by atoms with E-state index in [2.05, 4.69) is 31.3 Å². The molecule has 0 saturated heterocycles. The largest absolute Gasteiger partial charge is 0.385 e. The maximum atomic E-state index is 5.03. The van der Waals surface area contributed by atoms with Crippen molar-refractivity contribution in [1.82, 2.24) is 19.1 Å². The first kappa shape index (κ1) is 13.6. The number of anilines is 1. The minimum Gasteiger partial charge on any atom is -0.385 e. The summed E-state index contributed by atoms with van der Waals surface area (Å²) in [6.07, 6.45) is 10.4. The topological polar surface area (TPSA) is 56.9 Å². The number of nitrogens with zero attached hydrogens (tertiary/aromatic N) is 4. The van der Waals surface area contributed by atoms with E-state index < -0.39 is 0 Å². The molecule has 0 aliphatic carbocycles. The van der Waals surface area contributed by atoms with E-state index in [-0.39, 0.29) is 0 Å². The highest BCUT2D eigenvalue weighted by atomic mass is 16.5. The molecule has 0 saturated carbocycles. The molecule has 0 aliphatic heterocycles. The molecule has 0 aliphatic rings. The van der Waals surface area contributed by atoms with Crippen LogP contribution in [0.3, 0.4) is 0 Å². The minimum absolute atomic E-state index is 0.321. The van der Waals surface area contributed by atoms with Crippen LogP contribution >= 0.6 is 0 Å². The highest BCUT2D eigenvalue weighted by molar-refractivity contribution is 5.26. The molecule has 6 nitrogen and oxygen atoms in total. The molecule has 104 valence electrons. The minimum atomic E-state index is 0.321. The zero-order valence-electron chi connectivity index (χ0n) is 11.5. The third-order valence-corrected chi connectivity index (χ3v) is 2.99. The van der Waals surface area contributed by atoms with E-state index in [0.717, 1.165) is 32.1 Å². The first-order valence-corrected chi connectivity index (χ1v) is 6.52. The lowest BCUT2D eigenvalue weighted by molar-refractivity contribution is 0.197. The van der Waals surface area contributed by atoms with Gasteiger partial charge >= 0.3 is 0 Å². The molecule has 0 amide bonds. The van der Waals surface area contributed by atoms with E-state index in [0.29, 0.717) is 6.04 Å². The van der Waals surface area contributed by atoms with Gasteiger partial charge in [-0.25, -0.2) is 9.97 Å². The van der Waals surface area contributed by atoms with E-state index in [9.17, 15) is 0 Å². The first-order valence-electron chi connectivity index (χ1n) is 6.52. The second kappa shape index (κ2) is 6.94.